The van der Waals surface area contributed by atoms with E-state index in [4.69, 9.17) is 18.9 Å². The summed E-state index contributed by atoms with van der Waals surface area (Å²) in [5.74, 6) is 1.17. The maximum atomic E-state index is 13.3. The SMILES string of the molecule is CCCOc1ccc(C2=C(Nc3ccc4c(c3)OCO4)C(=O)N(CCOC(C)C)C2=O)cc1. The Morgan fingerprint density at radius 3 is 2.48 bits per heavy atom. The Morgan fingerprint density at radius 2 is 1.76 bits per heavy atom. The Labute approximate surface area is 193 Å². The molecule has 0 aliphatic carbocycles. The molecule has 0 bridgehead atoms. The van der Waals surface area contributed by atoms with Crippen LogP contribution in [0.1, 0.15) is 32.8 Å². The zero-order valence-corrected chi connectivity index (χ0v) is 19.1. The second-order valence-corrected chi connectivity index (χ2v) is 8.00. The fraction of sp³-hybridized carbons (Fsp3) is 0.360. The molecule has 2 aliphatic heterocycles. The molecule has 8 heteroatoms. The second kappa shape index (κ2) is 9.95. The molecule has 2 aromatic rings. The summed E-state index contributed by atoms with van der Waals surface area (Å²) in [7, 11) is 0. The highest BCUT2D eigenvalue weighted by molar-refractivity contribution is 6.36. The van der Waals surface area contributed by atoms with E-state index >= 15 is 0 Å². The summed E-state index contributed by atoms with van der Waals surface area (Å²) in [6.07, 6.45) is 0.906. The highest BCUT2D eigenvalue weighted by Gasteiger charge is 2.39. The van der Waals surface area contributed by atoms with E-state index < -0.39 is 5.91 Å². The summed E-state index contributed by atoms with van der Waals surface area (Å²) in [4.78, 5) is 27.8. The number of fused-ring (bicyclic) bond motifs is 1. The summed E-state index contributed by atoms with van der Waals surface area (Å²) in [5, 5.41) is 3.14. The van der Waals surface area contributed by atoms with Gasteiger partial charge in [0.25, 0.3) is 11.8 Å². The molecule has 0 saturated heterocycles. The maximum Gasteiger partial charge on any atom is 0.278 e. The second-order valence-electron chi connectivity index (χ2n) is 8.00. The van der Waals surface area contributed by atoms with Gasteiger partial charge in [0.2, 0.25) is 6.79 Å². The van der Waals surface area contributed by atoms with Gasteiger partial charge in [0.1, 0.15) is 11.4 Å². The summed E-state index contributed by atoms with van der Waals surface area (Å²) >= 11 is 0. The van der Waals surface area contributed by atoms with Gasteiger partial charge in [-0.05, 0) is 50.1 Å². The summed E-state index contributed by atoms with van der Waals surface area (Å²) in [6.45, 7) is 7.05. The molecule has 0 spiro atoms. The number of anilines is 1. The molecule has 0 unspecified atom stereocenters. The Morgan fingerprint density at radius 1 is 1.00 bits per heavy atom. The molecule has 0 atom stereocenters. The van der Waals surface area contributed by atoms with Crippen LogP contribution in [0.4, 0.5) is 5.69 Å². The van der Waals surface area contributed by atoms with Crippen molar-refractivity contribution in [2.75, 3.05) is 31.9 Å². The number of benzene rings is 2. The number of hydrogen-bond donors (Lipinski definition) is 1. The van der Waals surface area contributed by atoms with Gasteiger partial charge >= 0.3 is 0 Å². The monoisotopic (exact) mass is 452 g/mol. The Balaban J connectivity index is 1.64. The van der Waals surface area contributed by atoms with Gasteiger partial charge in [-0.3, -0.25) is 14.5 Å². The van der Waals surface area contributed by atoms with Gasteiger partial charge in [-0.2, -0.15) is 0 Å². The first kappa shape index (κ1) is 22.7. The van der Waals surface area contributed by atoms with Gasteiger partial charge in [-0.1, -0.05) is 19.1 Å². The molecule has 2 aromatic carbocycles. The van der Waals surface area contributed by atoms with Crippen molar-refractivity contribution in [3.63, 3.8) is 0 Å². The number of nitrogens with one attached hydrogen (secondary N) is 1. The van der Waals surface area contributed by atoms with Crippen molar-refractivity contribution < 1.29 is 28.5 Å². The van der Waals surface area contributed by atoms with Crippen LogP contribution in [0.15, 0.2) is 48.2 Å². The summed E-state index contributed by atoms with van der Waals surface area (Å²) in [5.41, 5.74) is 1.78. The van der Waals surface area contributed by atoms with Crippen LogP contribution in [0.25, 0.3) is 5.57 Å². The summed E-state index contributed by atoms with van der Waals surface area (Å²) < 4.78 is 22.0. The quantitative estimate of drug-likeness (QED) is 0.549. The molecule has 4 rings (SSSR count). The predicted octanol–water partition coefficient (Wildman–Crippen LogP) is 3.82. The molecule has 0 radical (unpaired) electrons. The van der Waals surface area contributed by atoms with Crippen molar-refractivity contribution in [2.24, 2.45) is 0 Å². The average Bonchev–Trinajstić information content (AvgIpc) is 3.36. The zero-order valence-electron chi connectivity index (χ0n) is 19.1. The van der Waals surface area contributed by atoms with Crippen molar-refractivity contribution in [2.45, 2.75) is 33.3 Å². The number of carbonyl (C=O) groups is 2. The van der Waals surface area contributed by atoms with Crippen LogP contribution in [0, 0.1) is 0 Å². The molecule has 8 nitrogen and oxygen atoms in total. The molecule has 0 aromatic heterocycles. The zero-order chi connectivity index (χ0) is 23.4. The number of hydrogen-bond acceptors (Lipinski definition) is 7. The van der Waals surface area contributed by atoms with Gasteiger partial charge in [0, 0.05) is 11.8 Å². The number of rotatable bonds is 10. The molecule has 0 saturated carbocycles. The van der Waals surface area contributed by atoms with E-state index in [1.54, 1.807) is 42.5 Å². The third kappa shape index (κ3) is 4.96. The fourth-order valence-corrected chi connectivity index (χ4v) is 3.60. The third-order valence-electron chi connectivity index (χ3n) is 5.19. The molecule has 0 fully saturated rings. The minimum atomic E-state index is -0.397. The Kier molecular flexibility index (Phi) is 6.84. The van der Waals surface area contributed by atoms with E-state index in [0.717, 1.165) is 6.42 Å². The molecule has 2 amide bonds. The molecular weight excluding hydrogens is 424 g/mol. The van der Waals surface area contributed by atoms with Crippen LogP contribution in [-0.2, 0) is 14.3 Å². The highest BCUT2D eigenvalue weighted by Crippen LogP contribution is 2.36. The van der Waals surface area contributed by atoms with E-state index in [0.29, 0.717) is 40.7 Å². The van der Waals surface area contributed by atoms with E-state index in [-0.39, 0.29) is 37.7 Å². The molecule has 1 N–H and O–H groups in total. The smallest absolute Gasteiger partial charge is 0.278 e. The van der Waals surface area contributed by atoms with E-state index in [1.165, 1.54) is 4.90 Å². The van der Waals surface area contributed by atoms with Crippen molar-refractivity contribution in [1.29, 1.82) is 0 Å². The van der Waals surface area contributed by atoms with Gasteiger partial charge in [0.15, 0.2) is 11.5 Å². The lowest BCUT2D eigenvalue weighted by Gasteiger charge is -2.16. The van der Waals surface area contributed by atoms with Crippen LogP contribution in [0.3, 0.4) is 0 Å². The lowest BCUT2D eigenvalue weighted by molar-refractivity contribution is -0.137. The van der Waals surface area contributed by atoms with Crippen molar-refractivity contribution in [1.82, 2.24) is 4.90 Å². The standard InChI is InChI=1S/C25H28N2O6/c1-4-12-31-19-8-5-17(6-9-19)22-23(25(29)27(24(22)28)11-13-30-16(2)3)26-18-7-10-20-21(14-18)33-15-32-20/h5-10,14,16,26H,4,11-13,15H2,1-3H3. The Hall–Kier alpha value is -3.52. The number of imide groups is 1. The fourth-order valence-electron chi connectivity index (χ4n) is 3.60. The van der Waals surface area contributed by atoms with Crippen LogP contribution in [0.2, 0.25) is 0 Å². The van der Waals surface area contributed by atoms with Gasteiger partial charge in [0.05, 0.1) is 31.4 Å². The van der Waals surface area contributed by atoms with E-state index in [2.05, 4.69) is 5.32 Å². The van der Waals surface area contributed by atoms with Gasteiger partial charge in [-0.25, -0.2) is 0 Å². The first-order valence-electron chi connectivity index (χ1n) is 11.1. The molecule has 2 aliphatic rings. The van der Waals surface area contributed by atoms with Crippen molar-refractivity contribution in [3.05, 3.63) is 53.7 Å². The topological polar surface area (TPSA) is 86.3 Å². The van der Waals surface area contributed by atoms with Crippen molar-refractivity contribution >= 4 is 23.1 Å². The lowest BCUT2D eigenvalue weighted by Crippen LogP contribution is -2.35. The molecule has 2 heterocycles. The summed E-state index contributed by atoms with van der Waals surface area (Å²) in [6, 6.07) is 12.5. The molecule has 33 heavy (non-hydrogen) atoms. The van der Waals surface area contributed by atoms with Crippen LogP contribution in [-0.4, -0.2) is 49.4 Å². The van der Waals surface area contributed by atoms with E-state index in [9.17, 15) is 9.59 Å². The van der Waals surface area contributed by atoms with E-state index in [1.807, 2.05) is 20.8 Å². The third-order valence-corrected chi connectivity index (χ3v) is 5.19. The minimum absolute atomic E-state index is 0.00660. The first-order valence-corrected chi connectivity index (χ1v) is 11.1. The molecule has 174 valence electrons. The van der Waals surface area contributed by atoms with Crippen LogP contribution >= 0.6 is 0 Å². The van der Waals surface area contributed by atoms with Crippen LogP contribution < -0.4 is 19.5 Å². The number of carbonyl (C=O) groups excluding carboxylic acids is 2. The number of nitrogens with zero attached hydrogens (tertiary/aromatic N) is 1. The average molecular weight is 453 g/mol. The van der Waals surface area contributed by atoms with Gasteiger partial charge < -0.3 is 24.3 Å². The minimum Gasteiger partial charge on any atom is -0.494 e. The normalized spacial score (nSPS) is 15.1. The molecular formula is C25H28N2O6. The lowest BCUT2D eigenvalue weighted by atomic mass is 10.0. The van der Waals surface area contributed by atoms with Crippen LogP contribution in [0.5, 0.6) is 17.2 Å². The largest absolute Gasteiger partial charge is 0.494 e. The Bertz CT molecular complexity index is 1060. The highest BCUT2D eigenvalue weighted by atomic mass is 16.7. The van der Waals surface area contributed by atoms with Gasteiger partial charge in [-0.15, -0.1) is 0 Å². The maximum absolute atomic E-state index is 13.3. The predicted molar refractivity (Wildman–Crippen MR) is 123 cm³/mol. The first-order chi connectivity index (χ1) is 16.0. The van der Waals surface area contributed by atoms with Crippen molar-refractivity contribution in [3.8, 4) is 17.2 Å². The number of ether oxygens (including phenoxy) is 4. The number of amides is 2.